The van der Waals surface area contributed by atoms with Gasteiger partial charge in [0.25, 0.3) is 0 Å². The maximum atomic E-state index is 12.8. The van der Waals surface area contributed by atoms with Crippen LogP contribution < -0.4 is 0 Å². The van der Waals surface area contributed by atoms with E-state index in [-0.39, 0.29) is 32.0 Å². The molecule has 0 aromatic heterocycles. The van der Waals surface area contributed by atoms with Crippen molar-refractivity contribution < 1.29 is 42.1 Å². The van der Waals surface area contributed by atoms with Crippen LogP contribution in [0, 0.1) is 0 Å². The molecule has 0 aromatic rings. The second kappa shape index (κ2) is 61.5. The summed E-state index contributed by atoms with van der Waals surface area (Å²) in [5.74, 6) is -0.844. The average Bonchev–Trinajstić information content (AvgIpc) is 3.43. The lowest BCUT2D eigenvalue weighted by atomic mass is 10.0. The Hall–Kier alpha value is -3.07. The van der Waals surface area contributed by atoms with E-state index in [9.17, 15) is 19.0 Å². The maximum Gasteiger partial charge on any atom is 0.472 e. The Morgan fingerprint density at radius 2 is 0.704 bits per heavy atom. The van der Waals surface area contributed by atoms with Gasteiger partial charge in [-0.15, -0.1) is 0 Å². The number of phosphoric ester groups is 1. The highest BCUT2D eigenvalue weighted by atomic mass is 31.2. The quantitative estimate of drug-likeness (QED) is 0.0211. The first-order valence-electron chi connectivity index (χ1n) is 33.5. The van der Waals surface area contributed by atoms with Gasteiger partial charge in [0.15, 0.2) is 6.10 Å². The van der Waals surface area contributed by atoms with Gasteiger partial charge in [-0.25, -0.2) is 4.57 Å². The summed E-state index contributed by atoms with van der Waals surface area (Å²) in [6, 6.07) is 0. The number of allylic oxidation sites excluding steroid dienone is 16. The largest absolute Gasteiger partial charge is 0.472 e. The Labute approximate surface area is 500 Å². The Morgan fingerprint density at radius 3 is 1.05 bits per heavy atom. The fourth-order valence-electron chi connectivity index (χ4n) is 9.27. The minimum absolute atomic E-state index is 0.0193. The van der Waals surface area contributed by atoms with Crippen molar-refractivity contribution in [2.75, 3.05) is 47.5 Å². The molecule has 0 aliphatic heterocycles. The standard InChI is InChI=1S/C71H126NO8P/c1-6-8-10-12-14-16-18-20-22-24-26-28-30-32-34-35-36-38-39-41-43-45-47-49-51-53-55-57-59-61-63-70(73)77-67-69(68-79-81(75,76)78-66-65-72(3,4)5)80-71(74)64-62-60-58-56-54-52-50-48-46-44-42-40-37-33-31-29-27-25-23-21-19-17-15-13-11-9-7-2/h9,11,15,17,21,23,27,29,33,37,42,44,48,50,54,56,69H,6-8,10,12-14,16,18-20,22,24-26,28,30-32,34-36,38-41,43,45-47,49,51-53,55,57-68H2,1-5H3/p+1/b11-9-,17-15-,23-21-,29-27-,37-33-,44-42-,50-48-,56-54-. The zero-order valence-corrected chi connectivity index (χ0v) is 54.1. The number of esters is 2. The lowest BCUT2D eigenvalue weighted by Gasteiger charge is -2.24. The van der Waals surface area contributed by atoms with Crippen LogP contribution in [0.15, 0.2) is 97.2 Å². The van der Waals surface area contributed by atoms with Crippen LogP contribution in [0.25, 0.3) is 0 Å². The van der Waals surface area contributed by atoms with Crippen LogP contribution in [-0.4, -0.2) is 74.9 Å². The zero-order valence-electron chi connectivity index (χ0n) is 53.2. The summed E-state index contributed by atoms with van der Waals surface area (Å²) >= 11 is 0. The summed E-state index contributed by atoms with van der Waals surface area (Å²) < 4.78 is 34.6. The Morgan fingerprint density at radius 1 is 0.395 bits per heavy atom. The third kappa shape index (κ3) is 65.9. The Bertz CT molecular complexity index is 1690. The molecule has 0 rings (SSSR count). The summed E-state index contributed by atoms with van der Waals surface area (Å²) in [4.78, 5) is 35.8. The van der Waals surface area contributed by atoms with Gasteiger partial charge in [0.05, 0.1) is 27.7 Å². The fourth-order valence-corrected chi connectivity index (χ4v) is 10.0. The number of unbranched alkanes of at least 4 members (excludes halogenated alkanes) is 31. The van der Waals surface area contributed by atoms with Crippen molar-refractivity contribution >= 4 is 19.8 Å². The minimum Gasteiger partial charge on any atom is -0.462 e. The molecule has 0 amide bonds. The van der Waals surface area contributed by atoms with Gasteiger partial charge in [-0.3, -0.25) is 18.6 Å². The number of hydrogen-bond acceptors (Lipinski definition) is 7. The number of likely N-dealkylation sites (N-methyl/N-ethyl adjacent to an activating group) is 1. The Kier molecular flexibility index (Phi) is 59.2. The number of quaternary nitrogens is 1. The molecule has 81 heavy (non-hydrogen) atoms. The van der Waals surface area contributed by atoms with E-state index in [0.717, 1.165) is 83.5 Å². The SMILES string of the molecule is CC/C=C\C/C=C\C/C=C\C/C=C\C/C=C\C/C=C\C/C=C\C/C=C\CCCCC(=O)OC(COC(=O)CCCCCCCCCCCCCCCCCCCCCCCCCCCCCCCC)COP(=O)(O)OCC[N+](C)(C)C. The topological polar surface area (TPSA) is 108 Å². The van der Waals surface area contributed by atoms with Crippen molar-refractivity contribution in [1.82, 2.24) is 0 Å². The molecule has 0 aliphatic rings. The molecule has 0 heterocycles. The number of phosphoric acid groups is 1. The first kappa shape index (κ1) is 77.9. The highest BCUT2D eigenvalue weighted by Crippen LogP contribution is 2.43. The summed E-state index contributed by atoms with van der Waals surface area (Å²) in [5.41, 5.74) is 0. The van der Waals surface area contributed by atoms with Crippen LogP contribution in [-0.2, 0) is 32.7 Å². The van der Waals surface area contributed by atoms with Gasteiger partial charge >= 0.3 is 19.8 Å². The molecule has 2 atom stereocenters. The Balaban J connectivity index is 4.14. The smallest absolute Gasteiger partial charge is 0.462 e. The molecule has 468 valence electrons. The molecule has 10 heteroatoms. The molecule has 0 radical (unpaired) electrons. The van der Waals surface area contributed by atoms with Gasteiger partial charge in [-0.05, 0) is 77.0 Å². The second-order valence-electron chi connectivity index (χ2n) is 23.5. The third-order valence-corrected chi connectivity index (χ3v) is 15.4. The second-order valence-corrected chi connectivity index (χ2v) is 24.9. The normalized spacial score (nSPS) is 13.8. The number of nitrogens with zero attached hydrogens (tertiary/aromatic N) is 1. The van der Waals surface area contributed by atoms with Crippen molar-refractivity contribution in [1.29, 1.82) is 0 Å². The van der Waals surface area contributed by atoms with Gasteiger partial charge in [-0.1, -0.05) is 297 Å². The highest BCUT2D eigenvalue weighted by molar-refractivity contribution is 7.47. The molecule has 9 nitrogen and oxygen atoms in total. The third-order valence-electron chi connectivity index (χ3n) is 14.4. The number of rotatable bonds is 61. The molecular weight excluding hydrogens is 1030 g/mol. The lowest BCUT2D eigenvalue weighted by molar-refractivity contribution is -0.870. The number of carbonyl (C=O) groups is 2. The predicted octanol–water partition coefficient (Wildman–Crippen LogP) is 21.5. The van der Waals surface area contributed by atoms with Gasteiger partial charge < -0.3 is 18.9 Å². The van der Waals surface area contributed by atoms with E-state index in [2.05, 4.69) is 111 Å². The van der Waals surface area contributed by atoms with Crippen molar-refractivity contribution in [2.45, 2.75) is 296 Å². The molecule has 0 aliphatic carbocycles. The summed E-state index contributed by atoms with van der Waals surface area (Å²) in [6.07, 6.45) is 85.2. The van der Waals surface area contributed by atoms with Crippen molar-refractivity contribution in [2.24, 2.45) is 0 Å². The van der Waals surface area contributed by atoms with Gasteiger partial charge in [0.1, 0.15) is 19.8 Å². The van der Waals surface area contributed by atoms with E-state index in [4.69, 9.17) is 18.5 Å². The van der Waals surface area contributed by atoms with Crippen LogP contribution in [0.3, 0.4) is 0 Å². The highest BCUT2D eigenvalue weighted by Gasteiger charge is 2.27. The number of hydrogen-bond donors (Lipinski definition) is 1. The molecule has 2 unspecified atom stereocenters. The summed E-state index contributed by atoms with van der Waals surface area (Å²) in [7, 11) is 1.44. The predicted molar refractivity (Wildman–Crippen MR) is 348 cm³/mol. The summed E-state index contributed by atoms with van der Waals surface area (Å²) in [6.45, 7) is 4.30. The molecule has 1 N–H and O–H groups in total. The van der Waals surface area contributed by atoms with E-state index in [0.29, 0.717) is 17.4 Å². The van der Waals surface area contributed by atoms with Crippen molar-refractivity contribution in [3.05, 3.63) is 97.2 Å². The van der Waals surface area contributed by atoms with E-state index < -0.39 is 26.5 Å². The van der Waals surface area contributed by atoms with Crippen LogP contribution >= 0.6 is 7.82 Å². The minimum atomic E-state index is -4.41. The average molecular weight is 1150 g/mol. The van der Waals surface area contributed by atoms with E-state index in [1.54, 1.807) is 0 Å². The van der Waals surface area contributed by atoms with Crippen LogP contribution in [0.5, 0.6) is 0 Å². The molecule has 0 spiro atoms. The van der Waals surface area contributed by atoms with Crippen LogP contribution in [0.1, 0.15) is 290 Å². The van der Waals surface area contributed by atoms with E-state index in [1.165, 1.54) is 173 Å². The van der Waals surface area contributed by atoms with Crippen LogP contribution in [0.4, 0.5) is 0 Å². The maximum absolute atomic E-state index is 12.8. The van der Waals surface area contributed by atoms with E-state index in [1.807, 2.05) is 21.1 Å². The van der Waals surface area contributed by atoms with E-state index >= 15 is 0 Å². The molecule has 0 bridgehead atoms. The molecular formula is C71H127NO8P+. The monoisotopic (exact) mass is 1150 g/mol. The van der Waals surface area contributed by atoms with Gasteiger partial charge in [0, 0.05) is 12.8 Å². The molecule has 0 saturated heterocycles. The fraction of sp³-hybridized carbons (Fsp3) is 0.746. The van der Waals surface area contributed by atoms with Crippen LogP contribution in [0.2, 0.25) is 0 Å². The molecule has 0 fully saturated rings. The molecule has 0 saturated carbocycles. The zero-order chi connectivity index (χ0) is 59.1. The van der Waals surface area contributed by atoms with Crippen molar-refractivity contribution in [3.8, 4) is 0 Å². The molecule has 0 aromatic carbocycles. The number of ether oxygens (including phenoxy) is 2. The first-order chi connectivity index (χ1) is 39.5. The lowest BCUT2D eigenvalue weighted by Crippen LogP contribution is -2.37. The van der Waals surface area contributed by atoms with Gasteiger partial charge in [0.2, 0.25) is 0 Å². The first-order valence-corrected chi connectivity index (χ1v) is 35.0. The number of carbonyl (C=O) groups excluding carboxylic acids is 2. The summed E-state index contributed by atoms with van der Waals surface area (Å²) in [5, 5.41) is 0. The van der Waals surface area contributed by atoms with Gasteiger partial charge in [-0.2, -0.15) is 0 Å². The van der Waals surface area contributed by atoms with Crippen molar-refractivity contribution in [3.63, 3.8) is 0 Å².